The predicted molar refractivity (Wildman–Crippen MR) is 335 cm³/mol. The summed E-state index contributed by atoms with van der Waals surface area (Å²) in [4.78, 5) is 38.4. The van der Waals surface area contributed by atoms with E-state index in [0.717, 1.165) is 89.9 Å². The van der Waals surface area contributed by atoms with Gasteiger partial charge in [-0.2, -0.15) is 0 Å². The third kappa shape index (κ3) is 64.1. The minimum absolute atomic E-state index is 0.0784. The molecule has 0 rings (SSSR count). The second kappa shape index (κ2) is 65.9. The number of hydrogen-bond acceptors (Lipinski definition) is 6. The molecule has 0 saturated carbocycles. The molecule has 1 atom stereocenters. The Bertz CT molecular complexity index is 1330. The van der Waals surface area contributed by atoms with Crippen LogP contribution < -0.4 is 0 Å². The largest absolute Gasteiger partial charge is 0.462 e. The second-order valence-corrected chi connectivity index (χ2v) is 23.1. The van der Waals surface area contributed by atoms with Crippen LogP contribution in [0.5, 0.6) is 0 Å². The Balaban J connectivity index is 4.26. The van der Waals surface area contributed by atoms with E-state index in [9.17, 15) is 14.4 Å². The van der Waals surface area contributed by atoms with Crippen molar-refractivity contribution in [1.29, 1.82) is 0 Å². The monoisotopic (exact) mass is 1080 g/mol. The van der Waals surface area contributed by atoms with Gasteiger partial charge in [0.05, 0.1) is 0 Å². The summed E-state index contributed by atoms with van der Waals surface area (Å²) < 4.78 is 16.9. The molecule has 0 aromatic carbocycles. The Kier molecular flexibility index (Phi) is 63.6. The first kappa shape index (κ1) is 74.4. The van der Waals surface area contributed by atoms with E-state index in [-0.39, 0.29) is 31.1 Å². The highest BCUT2D eigenvalue weighted by molar-refractivity contribution is 5.71. The Morgan fingerprint density at radius 1 is 0.260 bits per heavy atom. The first-order valence-corrected chi connectivity index (χ1v) is 34.1. The molecule has 0 aliphatic carbocycles. The first-order valence-electron chi connectivity index (χ1n) is 34.1. The molecule has 0 aliphatic rings. The number of hydrogen-bond donors (Lipinski definition) is 0. The molecule has 0 N–H and O–H groups in total. The topological polar surface area (TPSA) is 78.9 Å². The van der Waals surface area contributed by atoms with E-state index < -0.39 is 6.10 Å². The lowest BCUT2D eigenvalue weighted by Gasteiger charge is -2.18. The molecule has 0 saturated heterocycles. The third-order valence-electron chi connectivity index (χ3n) is 15.3. The van der Waals surface area contributed by atoms with Crippen molar-refractivity contribution in [2.45, 2.75) is 374 Å². The van der Waals surface area contributed by atoms with Crippen LogP contribution in [0.4, 0.5) is 0 Å². The quantitative estimate of drug-likeness (QED) is 0.0261. The zero-order chi connectivity index (χ0) is 55.7. The van der Waals surface area contributed by atoms with Crippen molar-refractivity contribution in [1.82, 2.24) is 0 Å². The summed E-state index contributed by atoms with van der Waals surface area (Å²) >= 11 is 0. The van der Waals surface area contributed by atoms with Crippen LogP contribution in [0.2, 0.25) is 0 Å². The number of allylic oxidation sites excluding steroid dienone is 8. The molecule has 0 aromatic rings. The van der Waals surface area contributed by atoms with Gasteiger partial charge in [-0.1, -0.05) is 294 Å². The number of carbonyl (C=O) groups is 3. The van der Waals surface area contributed by atoms with Crippen LogP contribution in [0, 0.1) is 0 Å². The normalized spacial score (nSPS) is 12.3. The van der Waals surface area contributed by atoms with Gasteiger partial charge < -0.3 is 14.2 Å². The molecule has 450 valence electrons. The lowest BCUT2D eigenvalue weighted by atomic mass is 10.0. The Morgan fingerprint density at radius 2 is 0.468 bits per heavy atom. The van der Waals surface area contributed by atoms with E-state index in [1.54, 1.807) is 0 Å². The van der Waals surface area contributed by atoms with Gasteiger partial charge in [0.15, 0.2) is 6.10 Å². The maximum absolute atomic E-state index is 12.9. The van der Waals surface area contributed by atoms with Gasteiger partial charge in [-0.05, 0) is 103 Å². The van der Waals surface area contributed by atoms with Crippen molar-refractivity contribution < 1.29 is 28.6 Å². The van der Waals surface area contributed by atoms with Gasteiger partial charge in [-0.15, -0.1) is 0 Å². The number of esters is 3. The van der Waals surface area contributed by atoms with Gasteiger partial charge >= 0.3 is 17.9 Å². The smallest absolute Gasteiger partial charge is 0.306 e. The third-order valence-corrected chi connectivity index (χ3v) is 15.3. The Labute approximate surface area is 479 Å². The number of ether oxygens (including phenoxy) is 3. The number of rotatable bonds is 63. The van der Waals surface area contributed by atoms with E-state index in [2.05, 4.69) is 69.4 Å². The molecule has 0 spiro atoms. The summed E-state index contributed by atoms with van der Waals surface area (Å²) in [6.45, 7) is 6.66. The average Bonchev–Trinajstić information content (AvgIpc) is 3.43. The Morgan fingerprint density at radius 3 is 0.740 bits per heavy atom. The molecule has 0 heterocycles. The zero-order valence-electron chi connectivity index (χ0n) is 51.7. The van der Waals surface area contributed by atoms with Crippen LogP contribution in [-0.4, -0.2) is 37.2 Å². The summed E-state index contributed by atoms with van der Waals surface area (Å²) in [5.41, 5.74) is 0. The molecular weight excluding hydrogens is 949 g/mol. The highest BCUT2D eigenvalue weighted by Crippen LogP contribution is 2.17. The van der Waals surface area contributed by atoms with E-state index in [1.807, 2.05) is 0 Å². The second-order valence-electron chi connectivity index (χ2n) is 23.1. The molecule has 1 unspecified atom stereocenters. The van der Waals surface area contributed by atoms with Gasteiger partial charge in [0.1, 0.15) is 13.2 Å². The standard InChI is InChI=1S/C71H130O6/c1-4-7-10-13-16-19-22-25-28-31-32-33-34-35-36-37-38-39-40-41-44-46-49-52-55-58-61-64-70(73)76-67-68(77-71(74)65-62-59-56-53-50-47-43-30-27-24-21-18-15-12-9-6-3)66-75-69(72)63-60-57-54-51-48-45-42-29-26-23-20-17-14-11-8-5-2/h21,24,29-32,42-43,68H,4-20,22-23,25-28,33-41,44-67H2,1-3H3/b24-21-,32-31-,42-29-,43-30-. The van der Waals surface area contributed by atoms with Crippen molar-refractivity contribution in [2.24, 2.45) is 0 Å². The fourth-order valence-corrected chi connectivity index (χ4v) is 10.1. The van der Waals surface area contributed by atoms with Gasteiger partial charge in [0, 0.05) is 19.3 Å². The van der Waals surface area contributed by atoms with Gasteiger partial charge in [-0.3, -0.25) is 14.4 Å². The zero-order valence-corrected chi connectivity index (χ0v) is 51.7. The van der Waals surface area contributed by atoms with Gasteiger partial charge in [0.25, 0.3) is 0 Å². The summed E-state index contributed by atoms with van der Waals surface area (Å²) in [5, 5.41) is 0. The van der Waals surface area contributed by atoms with Crippen LogP contribution in [0.1, 0.15) is 367 Å². The van der Waals surface area contributed by atoms with Crippen molar-refractivity contribution >= 4 is 17.9 Å². The lowest BCUT2D eigenvalue weighted by Crippen LogP contribution is -2.30. The molecule has 0 fully saturated rings. The van der Waals surface area contributed by atoms with Crippen molar-refractivity contribution in [3.05, 3.63) is 48.6 Å². The maximum atomic E-state index is 12.9. The van der Waals surface area contributed by atoms with Crippen LogP contribution in [0.25, 0.3) is 0 Å². The summed E-state index contributed by atoms with van der Waals surface area (Å²) in [7, 11) is 0. The number of unbranched alkanes of at least 4 members (excludes halogenated alkanes) is 44. The van der Waals surface area contributed by atoms with E-state index in [1.165, 1.54) is 238 Å². The van der Waals surface area contributed by atoms with Gasteiger partial charge in [-0.25, -0.2) is 0 Å². The van der Waals surface area contributed by atoms with E-state index in [0.29, 0.717) is 19.3 Å². The molecule has 77 heavy (non-hydrogen) atoms. The molecular formula is C71H130O6. The highest BCUT2D eigenvalue weighted by atomic mass is 16.6. The van der Waals surface area contributed by atoms with Crippen LogP contribution in [0.15, 0.2) is 48.6 Å². The fourth-order valence-electron chi connectivity index (χ4n) is 10.1. The molecule has 6 nitrogen and oxygen atoms in total. The average molecular weight is 1080 g/mol. The predicted octanol–water partition coefficient (Wildman–Crippen LogP) is 23.3. The molecule has 6 heteroatoms. The molecule has 0 bridgehead atoms. The van der Waals surface area contributed by atoms with Crippen LogP contribution in [-0.2, 0) is 28.6 Å². The molecule has 0 aliphatic heterocycles. The van der Waals surface area contributed by atoms with Gasteiger partial charge in [0.2, 0.25) is 0 Å². The first-order chi connectivity index (χ1) is 38.0. The molecule has 0 amide bonds. The minimum Gasteiger partial charge on any atom is -0.462 e. The number of carbonyl (C=O) groups excluding carboxylic acids is 3. The molecule has 0 radical (unpaired) electrons. The van der Waals surface area contributed by atoms with E-state index >= 15 is 0 Å². The summed E-state index contributed by atoms with van der Waals surface area (Å²) in [5.74, 6) is -0.879. The lowest BCUT2D eigenvalue weighted by molar-refractivity contribution is -0.167. The minimum atomic E-state index is -0.784. The van der Waals surface area contributed by atoms with Crippen molar-refractivity contribution in [3.63, 3.8) is 0 Å². The van der Waals surface area contributed by atoms with Crippen LogP contribution >= 0.6 is 0 Å². The van der Waals surface area contributed by atoms with Crippen LogP contribution in [0.3, 0.4) is 0 Å². The summed E-state index contributed by atoms with van der Waals surface area (Å²) in [6.07, 6.45) is 82.7. The van der Waals surface area contributed by atoms with Crippen molar-refractivity contribution in [3.8, 4) is 0 Å². The SMILES string of the molecule is CCCCCC/C=C\C/C=C\CCCCCCCC(=O)OC(COC(=O)CCCCCCC/C=C\CCCCCCCCC)COC(=O)CCCCCCCCCCCCCCCCC/C=C\CCCCCCCCCC. The molecule has 0 aromatic heterocycles. The Hall–Kier alpha value is -2.63. The van der Waals surface area contributed by atoms with Crippen molar-refractivity contribution in [2.75, 3.05) is 13.2 Å². The van der Waals surface area contributed by atoms with E-state index in [4.69, 9.17) is 14.2 Å². The fraction of sp³-hybridized carbons (Fsp3) is 0.845. The maximum Gasteiger partial charge on any atom is 0.306 e. The summed E-state index contributed by atoms with van der Waals surface area (Å²) in [6, 6.07) is 0. The highest BCUT2D eigenvalue weighted by Gasteiger charge is 2.19.